The molecule has 1 aromatic rings. The van der Waals surface area contributed by atoms with Gasteiger partial charge in [0, 0.05) is 12.2 Å². The lowest BCUT2D eigenvalue weighted by atomic mass is 10.0. The van der Waals surface area contributed by atoms with Gasteiger partial charge in [-0.25, -0.2) is 0 Å². The van der Waals surface area contributed by atoms with Crippen LogP contribution in [0.5, 0.6) is 0 Å². The van der Waals surface area contributed by atoms with Crippen LogP contribution in [-0.4, -0.2) is 6.54 Å². The van der Waals surface area contributed by atoms with Crippen molar-refractivity contribution in [2.45, 2.75) is 19.3 Å². The molecule has 0 spiro atoms. The Hall–Kier alpha value is -0.980. The lowest BCUT2D eigenvalue weighted by Gasteiger charge is -2.13. The molecule has 2 fully saturated rings. The number of fused-ring (bicyclic) bond motifs is 1. The molecule has 2 saturated carbocycles. The van der Waals surface area contributed by atoms with Gasteiger partial charge in [-0.2, -0.15) is 0 Å². The third-order valence-corrected chi connectivity index (χ3v) is 3.71. The average Bonchev–Trinajstić information content (AvgIpc) is 2.85. The summed E-state index contributed by atoms with van der Waals surface area (Å²) in [6.45, 7) is 1.18. The van der Waals surface area contributed by atoms with Crippen molar-refractivity contribution in [3.8, 4) is 0 Å². The van der Waals surface area contributed by atoms with Crippen molar-refractivity contribution in [1.29, 1.82) is 0 Å². The molecule has 3 rings (SSSR count). The summed E-state index contributed by atoms with van der Waals surface area (Å²) >= 11 is 0. The standard InChI is InChI=1S/C13H17N/c1-2-4-13(5-3-1)14-9-10-6-11-8-12(11)7-10/h1-5,10-12,14H,6-9H2. The topological polar surface area (TPSA) is 12.0 Å². The van der Waals surface area contributed by atoms with E-state index in [1.807, 2.05) is 0 Å². The van der Waals surface area contributed by atoms with Gasteiger partial charge in [-0.1, -0.05) is 18.2 Å². The van der Waals surface area contributed by atoms with Gasteiger partial charge in [0.1, 0.15) is 0 Å². The van der Waals surface area contributed by atoms with Gasteiger partial charge in [0.05, 0.1) is 0 Å². The van der Waals surface area contributed by atoms with Crippen molar-refractivity contribution in [2.24, 2.45) is 17.8 Å². The van der Waals surface area contributed by atoms with Gasteiger partial charge in [0.2, 0.25) is 0 Å². The van der Waals surface area contributed by atoms with E-state index >= 15 is 0 Å². The van der Waals surface area contributed by atoms with Crippen LogP contribution in [0.3, 0.4) is 0 Å². The molecule has 1 aromatic carbocycles. The molecule has 2 aliphatic carbocycles. The molecule has 0 bridgehead atoms. The Morgan fingerprint density at radius 3 is 2.43 bits per heavy atom. The molecule has 2 aliphatic rings. The number of nitrogens with one attached hydrogen (secondary N) is 1. The van der Waals surface area contributed by atoms with E-state index in [2.05, 4.69) is 35.6 Å². The van der Waals surface area contributed by atoms with Gasteiger partial charge in [-0.15, -0.1) is 0 Å². The molecule has 0 saturated heterocycles. The second kappa shape index (κ2) is 3.30. The van der Waals surface area contributed by atoms with Crippen molar-refractivity contribution < 1.29 is 0 Å². The van der Waals surface area contributed by atoms with E-state index in [-0.39, 0.29) is 0 Å². The lowest BCUT2D eigenvalue weighted by Crippen LogP contribution is -2.12. The van der Waals surface area contributed by atoms with Gasteiger partial charge in [0.15, 0.2) is 0 Å². The quantitative estimate of drug-likeness (QED) is 0.766. The number of hydrogen-bond donors (Lipinski definition) is 1. The lowest BCUT2D eigenvalue weighted by molar-refractivity contribution is 0.512. The highest BCUT2D eigenvalue weighted by Crippen LogP contribution is 2.54. The Morgan fingerprint density at radius 2 is 1.71 bits per heavy atom. The van der Waals surface area contributed by atoms with Crippen molar-refractivity contribution in [2.75, 3.05) is 11.9 Å². The third kappa shape index (κ3) is 1.63. The summed E-state index contributed by atoms with van der Waals surface area (Å²) in [6, 6.07) is 10.5. The zero-order valence-corrected chi connectivity index (χ0v) is 8.45. The van der Waals surface area contributed by atoms with E-state index in [9.17, 15) is 0 Å². The highest BCUT2D eigenvalue weighted by molar-refractivity contribution is 5.42. The predicted octanol–water partition coefficient (Wildman–Crippen LogP) is 3.14. The minimum atomic E-state index is 0.943. The molecular weight excluding hydrogens is 170 g/mol. The SMILES string of the molecule is c1ccc(NCC2CC3CC3C2)cc1. The Labute approximate surface area is 85.5 Å². The average molecular weight is 187 g/mol. The van der Waals surface area contributed by atoms with Crippen molar-refractivity contribution in [1.82, 2.24) is 0 Å². The number of hydrogen-bond acceptors (Lipinski definition) is 1. The molecule has 0 aliphatic heterocycles. The summed E-state index contributed by atoms with van der Waals surface area (Å²) in [5.41, 5.74) is 1.27. The molecule has 0 radical (unpaired) electrons. The molecule has 14 heavy (non-hydrogen) atoms. The Bertz CT molecular complexity index is 296. The van der Waals surface area contributed by atoms with Crippen LogP contribution >= 0.6 is 0 Å². The van der Waals surface area contributed by atoms with Gasteiger partial charge < -0.3 is 5.32 Å². The number of para-hydroxylation sites is 1. The van der Waals surface area contributed by atoms with Crippen LogP contribution < -0.4 is 5.32 Å². The van der Waals surface area contributed by atoms with Crippen LogP contribution in [0.25, 0.3) is 0 Å². The summed E-state index contributed by atoms with van der Waals surface area (Å²) in [7, 11) is 0. The van der Waals surface area contributed by atoms with Gasteiger partial charge in [-0.05, 0) is 49.1 Å². The highest BCUT2D eigenvalue weighted by Gasteiger charge is 2.45. The maximum atomic E-state index is 3.53. The van der Waals surface area contributed by atoms with Crippen LogP contribution in [0.4, 0.5) is 5.69 Å². The highest BCUT2D eigenvalue weighted by atomic mass is 14.9. The third-order valence-electron chi connectivity index (χ3n) is 3.71. The summed E-state index contributed by atoms with van der Waals surface area (Å²) in [4.78, 5) is 0. The van der Waals surface area contributed by atoms with Crippen LogP contribution in [0.1, 0.15) is 19.3 Å². The van der Waals surface area contributed by atoms with Crippen LogP contribution in [0.15, 0.2) is 30.3 Å². The molecule has 0 amide bonds. The fraction of sp³-hybridized carbons (Fsp3) is 0.538. The van der Waals surface area contributed by atoms with Gasteiger partial charge in [0.25, 0.3) is 0 Å². The van der Waals surface area contributed by atoms with Crippen LogP contribution in [0.2, 0.25) is 0 Å². The molecule has 1 heteroatoms. The van der Waals surface area contributed by atoms with Crippen molar-refractivity contribution in [3.05, 3.63) is 30.3 Å². The zero-order chi connectivity index (χ0) is 9.38. The second-order valence-corrected chi connectivity index (χ2v) is 4.84. The Morgan fingerprint density at radius 1 is 1.00 bits per heavy atom. The van der Waals surface area contributed by atoms with E-state index in [1.54, 1.807) is 0 Å². The second-order valence-electron chi connectivity index (χ2n) is 4.84. The molecule has 0 heterocycles. The van der Waals surface area contributed by atoms with E-state index in [1.165, 1.54) is 31.5 Å². The fourth-order valence-electron chi connectivity index (χ4n) is 2.83. The van der Waals surface area contributed by atoms with E-state index in [0.717, 1.165) is 17.8 Å². The molecule has 0 aromatic heterocycles. The summed E-state index contributed by atoms with van der Waals surface area (Å²) < 4.78 is 0. The maximum absolute atomic E-state index is 3.53. The molecule has 2 unspecified atom stereocenters. The minimum absolute atomic E-state index is 0.943. The van der Waals surface area contributed by atoms with Crippen LogP contribution in [-0.2, 0) is 0 Å². The summed E-state index contributed by atoms with van der Waals surface area (Å²) in [6.07, 6.45) is 4.48. The van der Waals surface area contributed by atoms with E-state index in [4.69, 9.17) is 0 Å². The monoisotopic (exact) mass is 187 g/mol. The first kappa shape index (κ1) is 8.34. The Kier molecular flexibility index (Phi) is 1.97. The molecule has 2 atom stereocenters. The predicted molar refractivity (Wildman–Crippen MR) is 59.3 cm³/mol. The van der Waals surface area contributed by atoms with Crippen molar-refractivity contribution in [3.63, 3.8) is 0 Å². The van der Waals surface area contributed by atoms with E-state index < -0.39 is 0 Å². The molecule has 1 nitrogen and oxygen atoms in total. The van der Waals surface area contributed by atoms with E-state index in [0.29, 0.717) is 0 Å². The smallest absolute Gasteiger partial charge is 0.0340 e. The molecular formula is C13H17N. The Balaban J connectivity index is 1.50. The largest absolute Gasteiger partial charge is 0.385 e. The molecule has 74 valence electrons. The summed E-state index contributed by atoms with van der Waals surface area (Å²) in [5.74, 6) is 3.16. The number of benzene rings is 1. The van der Waals surface area contributed by atoms with Crippen molar-refractivity contribution >= 4 is 5.69 Å². The van der Waals surface area contributed by atoms with Gasteiger partial charge >= 0.3 is 0 Å². The maximum Gasteiger partial charge on any atom is 0.0340 e. The van der Waals surface area contributed by atoms with Crippen LogP contribution in [0, 0.1) is 17.8 Å². The minimum Gasteiger partial charge on any atom is -0.385 e. The summed E-state index contributed by atoms with van der Waals surface area (Å²) in [5, 5.41) is 3.53. The first-order valence-corrected chi connectivity index (χ1v) is 5.71. The molecule has 1 N–H and O–H groups in total. The number of anilines is 1. The first-order valence-electron chi connectivity index (χ1n) is 5.71. The van der Waals surface area contributed by atoms with Gasteiger partial charge in [-0.3, -0.25) is 0 Å². The number of rotatable bonds is 3. The zero-order valence-electron chi connectivity index (χ0n) is 8.45. The fourth-order valence-corrected chi connectivity index (χ4v) is 2.83. The first-order chi connectivity index (χ1) is 6.92. The normalized spacial score (nSPS) is 33.9.